The lowest BCUT2D eigenvalue weighted by Crippen LogP contribution is -1.96. The van der Waals surface area contributed by atoms with Gasteiger partial charge in [-0.2, -0.15) is 0 Å². The fourth-order valence-electron chi connectivity index (χ4n) is 2.06. The second-order valence-corrected chi connectivity index (χ2v) is 7.79. The molecule has 0 fully saturated rings. The van der Waals surface area contributed by atoms with Gasteiger partial charge in [-0.3, -0.25) is 4.98 Å². The number of fused-ring (bicyclic) bond motifs is 1. The minimum absolute atomic E-state index is 0.313. The Morgan fingerprint density at radius 2 is 2.00 bits per heavy atom. The van der Waals surface area contributed by atoms with Crippen molar-refractivity contribution in [3.63, 3.8) is 0 Å². The third-order valence-corrected chi connectivity index (χ3v) is 5.11. The minimum Gasteiger partial charge on any atom is -0.262 e. The van der Waals surface area contributed by atoms with Crippen LogP contribution >= 0.6 is 11.3 Å². The molecule has 3 rings (SSSR count). The van der Waals surface area contributed by atoms with Gasteiger partial charge in [-0.1, -0.05) is 12.1 Å². The molecular weight excluding hydrogens is 292 g/mol. The Morgan fingerprint density at radius 1 is 1.20 bits per heavy atom. The lowest BCUT2D eigenvalue weighted by atomic mass is 10.1. The summed E-state index contributed by atoms with van der Waals surface area (Å²) in [4.78, 5) is 8.91. The molecule has 0 N–H and O–H groups in total. The predicted octanol–water partition coefficient (Wildman–Crippen LogP) is 3.07. The molecular formula is C14H12N2O2S2. The molecule has 0 aliphatic heterocycles. The van der Waals surface area contributed by atoms with Gasteiger partial charge >= 0.3 is 0 Å². The zero-order valence-electron chi connectivity index (χ0n) is 11.0. The molecule has 0 bridgehead atoms. The van der Waals surface area contributed by atoms with E-state index in [4.69, 9.17) is 0 Å². The predicted molar refractivity (Wildman–Crippen MR) is 80.7 cm³/mol. The van der Waals surface area contributed by atoms with E-state index in [2.05, 4.69) is 9.97 Å². The second kappa shape index (κ2) is 4.64. The van der Waals surface area contributed by atoms with Crippen LogP contribution in [0.1, 0.15) is 5.01 Å². The van der Waals surface area contributed by atoms with Crippen molar-refractivity contribution in [1.29, 1.82) is 0 Å². The van der Waals surface area contributed by atoms with E-state index in [0.29, 0.717) is 4.90 Å². The summed E-state index contributed by atoms with van der Waals surface area (Å²) in [6.45, 7) is 1.95. The molecule has 0 radical (unpaired) electrons. The second-order valence-electron chi connectivity index (χ2n) is 4.57. The van der Waals surface area contributed by atoms with Crippen molar-refractivity contribution in [2.45, 2.75) is 11.8 Å². The van der Waals surface area contributed by atoms with Crippen molar-refractivity contribution in [1.82, 2.24) is 9.97 Å². The number of aromatic nitrogens is 2. The highest BCUT2D eigenvalue weighted by Gasteiger charge is 2.12. The maximum Gasteiger partial charge on any atom is 0.175 e. The molecule has 0 unspecified atom stereocenters. The number of thiazole rings is 1. The molecule has 102 valence electrons. The van der Waals surface area contributed by atoms with E-state index in [1.165, 1.54) is 6.26 Å². The topological polar surface area (TPSA) is 59.9 Å². The molecule has 6 heteroatoms. The minimum atomic E-state index is -3.21. The first-order valence-electron chi connectivity index (χ1n) is 5.97. The molecule has 0 saturated heterocycles. The zero-order chi connectivity index (χ0) is 14.3. The van der Waals surface area contributed by atoms with Crippen molar-refractivity contribution in [2.75, 3.05) is 6.26 Å². The average Bonchev–Trinajstić information content (AvgIpc) is 2.77. The Morgan fingerprint density at radius 3 is 2.75 bits per heavy atom. The SMILES string of the molecule is Cc1nc2cncc(-c3cccc(S(C)(=O)=O)c3)c2s1. The van der Waals surface area contributed by atoms with E-state index in [0.717, 1.165) is 26.4 Å². The van der Waals surface area contributed by atoms with Crippen LogP contribution in [0.3, 0.4) is 0 Å². The normalized spacial score (nSPS) is 11.9. The summed E-state index contributed by atoms with van der Waals surface area (Å²) < 4.78 is 24.3. The standard InChI is InChI=1S/C14H12N2O2S2/c1-9-16-13-8-15-7-12(14(13)19-9)10-4-3-5-11(6-10)20(2,17)18/h3-8H,1-2H3. The molecule has 2 heterocycles. The van der Waals surface area contributed by atoms with E-state index in [-0.39, 0.29) is 0 Å². The van der Waals surface area contributed by atoms with Gasteiger partial charge in [-0.15, -0.1) is 11.3 Å². The van der Waals surface area contributed by atoms with Crippen LogP contribution in [-0.2, 0) is 9.84 Å². The van der Waals surface area contributed by atoms with Crippen molar-refractivity contribution in [3.05, 3.63) is 41.7 Å². The van der Waals surface area contributed by atoms with Crippen LogP contribution in [0.25, 0.3) is 21.3 Å². The van der Waals surface area contributed by atoms with Crippen LogP contribution in [0.5, 0.6) is 0 Å². The summed E-state index contributed by atoms with van der Waals surface area (Å²) in [6.07, 6.45) is 4.69. The average molecular weight is 304 g/mol. The largest absolute Gasteiger partial charge is 0.262 e. The number of nitrogens with zero attached hydrogens (tertiary/aromatic N) is 2. The van der Waals surface area contributed by atoms with E-state index < -0.39 is 9.84 Å². The number of rotatable bonds is 2. The number of pyridine rings is 1. The van der Waals surface area contributed by atoms with Crippen LogP contribution in [0.2, 0.25) is 0 Å². The molecule has 0 atom stereocenters. The van der Waals surface area contributed by atoms with E-state index in [1.54, 1.807) is 41.9 Å². The first-order chi connectivity index (χ1) is 9.45. The lowest BCUT2D eigenvalue weighted by Gasteiger charge is -2.04. The summed E-state index contributed by atoms with van der Waals surface area (Å²) in [5, 5.41) is 0.966. The van der Waals surface area contributed by atoms with Gasteiger partial charge in [0.1, 0.15) is 5.52 Å². The summed E-state index contributed by atoms with van der Waals surface area (Å²) in [5.41, 5.74) is 2.60. The molecule has 0 saturated carbocycles. The van der Waals surface area contributed by atoms with E-state index in [9.17, 15) is 8.42 Å². The van der Waals surface area contributed by atoms with Gasteiger partial charge in [0.15, 0.2) is 9.84 Å². The highest BCUT2D eigenvalue weighted by Crippen LogP contribution is 2.32. The monoisotopic (exact) mass is 304 g/mol. The summed E-state index contributed by atoms with van der Waals surface area (Å²) >= 11 is 1.59. The number of hydrogen-bond donors (Lipinski definition) is 0. The van der Waals surface area contributed by atoms with E-state index in [1.807, 2.05) is 13.0 Å². The van der Waals surface area contributed by atoms with Crippen LogP contribution in [0.15, 0.2) is 41.6 Å². The van der Waals surface area contributed by atoms with Crippen molar-refractivity contribution >= 4 is 31.4 Å². The molecule has 0 aliphatic rings. The first kappa shape index (κ1) is 13.2. The molecule has 20 heavy (non-hydrogen) atoms. The van der Waals surface area contributed by atoms with Crippen LogP contribution < -0.4 is 0 Å². The number of sulfone groups is 1. The molecule has 0 aliphatic carbocycles. The Labute approximate surface area is 121 Å². The molecule has 0 spiro atoms. The highest BCUT2D eigenvalue weighted by molar-refractivity contribution is 7.90. The van der Waals surface area contributed by atoms with Gasteiger partial charge in [0.05, 0.1) is 20.8 Å². The van der Waals surface area contributed by atoms with Gasteiger partial charge < -0.3 is 0 Å². The van der Waals surface area contributed by atoms with Gasteiger partial charge in [-0.25, -0.2) is 13.4 Å². The summed E-state index contributed by atoms with van der Waals surface area (Å²) in [6, 6.07) is 6.92. The quantitative estimate of drug-likeness (QED) is 0.730. The van der Waals surface area contributed by atoms with Crippen LogP contribution in [0.4, 0.5) is 0 Å². The highest BCUT2D eigenvalue weighted by atomic mass is 32.2. The maximum atomic E-state index is 11.7. The molecule has 4 nitrogen and oxygen atoms in total. The van der Waals surface area contributed by atoms with Crippen molar-refractivity contribution in [3.8, 4) is 11.1 Å². The fraction of sp³-hybridized carbons (Fsp3) is 0.143. The lowest BCUT2D eigenvalue weighted by molar-refractivity contribution is 0.602. The smallest absolute Gasteiger partial charge is 0.175 e. The Kier molecular flexibility index (Phi) is 3.07. The fourth-order valence-corrected chi connectivity index (χ4v) is 3.65. The first-order valence-corrected chi connectivity index (χ1v) is 8.67. The van der Waals surface area contributed by atoms with Gasteiger partial charge in [-0.05, 0) is 24.6 Å². The van der Waals surface area contributed by atoms with Crippen LogP contribution in [0, 0.1) is 6.92 Å². The molecule has 3 aromatic rings. The molecule has 1 aromatic carbocycles. The van der Waals surface area contributed by atoms with Gasteiger partial charge in [0.2, 0.25) is 0 Å². The third kappa shape index (κ3) is 2.32. The number of hydrogen-bond acceptors (Lipinski definition) is 5. The Hall–Kier alpha value is -1.79. The molecule has 2 aromatic heterocycles. The Bertz CT molecular complexity index is 898. The zero-order valence-corrected chi connectivity index (χ0v) is 12.6. The number of aryl methyl sites for hydroxylation is 1. The maximum absolute atomic E-state index is 11.7. The van der Waals surface area contributed by atoms with Gasteiger partial charge in [0.25, 0.3) is 0 Å². The van der Waals surface area contributed by atoms with Crippen molar-refractivity contribution < 1.29 is 8.42 Å². The van der Waals surface area contributed by atoms with Crippen LogP contribution in [-0.4, -0.2) is 24.6 Å². The Balaban J connectivity index is 2.26. The summed E-state index contributed by atoms with van der Waals surface area (Å²) in [7, 11) is -3.21. The van der Waals surface area contributed by atoms with E-state index >= 15 is 0 Å². The molecule has 0 amide bonds. The third-order valence-electron chi connectivity index (χ3n) is 2.98. The van der Waals surface area contributed by atoms with Gasteiger partial charge in [0, 0.05) is 18.0 Å². The summed E-state index contributed by atoms with van der Waals surface area (Å²) in [5.74, 6) is 0. The van der Waals surface area contributed by atoms with Crippen molar-refractivity contribution in [2.24, 2.45) is 0 Å². The number of benzene rings is 1.